The predicted molar refractivity (Wildman–Crippen MR) is 98.3 cm³/mol. The van der Waals surface area contributed by atoms with E-state index < -0.39 is 0 Å². The molecular weight excluding hydrogens is 306 g/mol. The minimum atomic E-state index is 0.0664. The molecule has 1 aliphatic heterocycles. The van der Waals surface area contributed by atoms with Crippen molar-refractivity contribution in [2.24, 2.45) is 10.9 Å². The number of amides is 1. The van der Waals surface area contributed by atoms with Crippen LogP contribution >= 0.6 is 0 Å². The lowest BCUT2D eigenvalue weighted by Crippen LogP contribution is -2.54. The molecule has 0 unspecified atom stereocenters. The number of carbonyl (C=O) groups is 1. The molecule has 0 aromatic rings. The molecule has 0 saturated carbocycles. The number of hydrogen-bond acceptors (Lipinski definition) is 4. The predicted octanol–water partition coefficient (Wildman–Crippen LogP) is 0.378. The number of hydrogen-bond donors (Lipinski definition) is 2. The van der Waals surface area contributed by atoms with E-state index in [0.29, 0.717) is 25.6 Å². The molecule has 0 aromatic heterocycles. The number of carbonyl (C=O) groups excluding carboxylic acids is 1. The molecular formula is C17H35N5O2. The Kier molecular flexibility index (Phi) is 10.4. The van der Waals surface area contributed by atoms with E-state index in [1.807, 2.05) is 7.05 Å². The van der Waals surface area contributed by atoms with Crippen molar-refractivity contribution in [2.75, 3.05) is 66.6 Å². The van der Waals surface area contributed by atoms with Crippen molar-refractivity contribution in [3.8, 4) is 0 Å². The van der Waals surface area contributed by atoms with Crippen molar-refractivity contribution in [3.63, 3.8) is 0 Å². The topological polar surface area (TPSA) is 69.2 Å². The number of rotatable bonds is 9. The molecule has 1 heterocycles. The van der Waals surface area contributed by atoms with E-state index in [1.165, 1.54) is 12.8 Å². The van der Waals surface area contributed by atoms with Crippen LogP contribution in [0.3, 0.4) is 0 Å². The van der Waals surface area contributed by atoms with Crippen LogP contribution in [0.2, 0.25) is 0 Å². The zero-order chi connectivity index (χ0) is 17.8. The molecule has 1 fully saturated rings. The summed E-state index contributed by atoms with van der Waals surface area (Å²) in [5.41, 5.74) is 0. The zero-order valence-corrected chi connectivity index (χ0v) is 15.8. The Balaban J connectivity index is 2.31. The second-order valence-corrected chi connectivity index (χ2v) is 6.22. The lowest BCUT2D eigenvalue weighted by molar-refractivity contribution is -0.122. The zero-order valence-electron chi connectivity index (χ0n) is 15.8. The Hall–Kier alpha value is -1.34. The van der Waals surface area contributed by atoms with Gasteiger partial charge in [-0.2, -0.15) is 0 Å². The van der Waals surface area contributed by atoms with Gasteiger partial charge in [0.1, 0.15) is 0 Å². The van der Waals surface area contributed by atoms with Crippen LogP contribution in [-0.4, -0.2) is 88.2 Å². The summed E-state index contributed by atoms with van der Waals surface area (Å²) in [6, 6.07) is 0. The van der Waals surface area contributed by atoms with Gasteiger partial charge in [0.05, 0.1) is 13.2 Å². The van der Waals surface area contributed by atoms with Gasteiger partial charge in [-0.25, -0.2) is 0 Å². The minimum absolute atomic E-state index is 0.0664. The maximum absolute atomic E-state index is 11.8. The van der Waals surface area contributed by atoms with E-state index in [1.54, 1.807) is 7.11 Å². The molecule has 140 valence electrons. The molecule has 0 bridgehead atoms. The van der Waals surface area contributed by atoms with Gasteiger partial charge in [-0.05, 0) is 5.92 Å². The number of nitrogens with one attached hydrogen (secondary N) is 2. The summed E-state index contributed by atoms with van der Waals surface area (Å²) < 4.78 is 4.94. The van der Waals surface area contributed by atoms with E-state index in [4.69, 9.17) is 4.74 Å². The number of aliphatic imine (C=N–C) groups is 1. The maximum atomic E-state index is 11.8. The largest absolute Gasteiger partial charge is 0.383 e. The number of piperazine rings is 1. The fourth-order valence-corrected chi connectivity index (χ4v) is 2.81. The van der Waals surface area contributed by atoms with Crippen LogP contribution in [0.4, 0.5) is 0 Å². The normalized spacial score (nSPS) is 16.5. The summed E-state index contributed by atoms with van der Waals surface area (Å²) >= 11 is 0. The molecule has 0 radical (unpaired) electrons. The minimum Gasteiger partial charge on any atom is -0.383 e. The molecule has 1 aliphatic rings. The van der Waals surface area contributed by atoms with E-state index in [9.17, 15) is 4.79 Å². The summed E-state index contributed by atoms with van der Waals surface area (Å²) in [4.78, 5) is 20.7. The average Bonchev–Trinajstić information content (AvgIpc) is 2.60. The number of methoxy groups -OCH3 is 1. The van der Waals surface area contributed by atoms with E-state index in [2.05, 4.69) is 39.3 Å². The molecule has 0 aliphatic carbocycles. The lowest BCUT2D eigenvalue weighted by Gasteiger charge is -2.36. The summed E-state index contributed by atoms with van der Waals surface area (Å²) in [5, 5.41) is 6.36. The van der Waals surface area contributed by atoms with E-state index in [-0.39, 0.29) is 5.91 Å². The van der Waals surface area contributed by atoms with Gasteiger partial charge in [0.25, 0.3) is 0 Å². The summed E-state index contributed by atoms with van der Waals surface area (Å²) in [6.45, 7) is 10.6. The van der Waals surface area contributed by atoms with Crippen LogP contribution in [0.25, 0.3) is 0 Å². The third-order valence-electron chi connectivity index (χ3n) is 4.58. The van der Waals surface area contributed by atoms with Gasteiger partial charge in [0.2, 0.25) is 5.91 Å². The SMILES string of the molecule is CCC(CC)CNC(=NC)N1CCN(CC(=O)NCCOC)CC1. The van der Waals surface area contributed by atoms with Gasteiger partial charge in [-0.15, -0.1) is 0 Å². The third kappa shape index (κ3) is 7.49. The monoisotopic (exact) mass is 341 g/mol. The van der Waals surface area contributed by atoms with Gasteiger partial charge >= 0.3 is 0 Å². The molecule has 7 heteroatoms. The Labute approximate surface area is 146 Å². The van der Waals surface area contributed by atoms with Crippen molar-refractivity contribution in [2.45, 2.75) is 26.7 Å². The maximum Gasteiger partial charge on any atom is 0.234 e. The smallest absolute Gasteiger partial charge is 0.234 e. The van der Waals surface area contributed by atoms with E-state index >= 15 is 0 Å². The van der Waals surface area contributed by atoms with Crippen molar-refractivity contribution in [1.82, 2.24) is 20.4 Å². The quantitative estimate of drug-likeness (QED) is 0.360. The standard InChI is InChI=1S/C17H35N5O2/c1-5-15(6-2)13-20-17(18-3)22-10-8-21(9-11-22)14-16(23)19-7-12-24-4/h15H,5-14H2,1-4H3,(H,18,20)(H,19,23). The first-order chi connectivity index (χ1) is 11.6. The molecule has 1 saturated heterocycles. The fraction of sp³-hybridized carbons (Fsp3) is 0.882. The van der Waals surface area contributed by atoms with Crippen molar-refractivity contribution in [1.29, 1.82) is 0 Å². The summed E-state index contributed by atoms with van der Waals surface area (Å²) in [7, 11) is 3.47. The Morgan fingerprint density at radius 2 is 1.83 bits per heavy atom. The number of ether oxygens (including phenoxy) is 1. The van der Waals surface area contributed by atoms with Crippen LogP contribution in [-0.2, 0) is 9.53 Å². The molecule has 7 nitrogen and oxygen atoms in total. The van der Waals surface area contributed by atoms with Crippen molar-refractivity contribution in [3.05, 3.63) is 0 Å². The highest BCUT2D eigenvalue weighted by atomic mass is 16.5. The van der Waals surface area contributed by atoms with Gasteiger partial charge < -0.3 is 20.3 Å². The van der Waals surface area contributed by atoms with Crippen LogP contribution in [0.5, 0.6) is 0 Å². The summed E-state index contributed by atoms with van der Waals surface area (Å²) in [5.74, 6) is 1.74. The summed E-state index contributed by atoms with van der Waals surface area (Å²) in [6.07, 6.45) is 2.37. The number of nitrogens with zero attached hydrogens (tertiary/aromatic N) is 3. The Morgan fingerprint density at radius 3 is 2.38 bits per heavy atom. The highest BCUT2D eigenvalue weighted by Gasteiger charge is 2.21. The molecule has 0 aromatic carbocycles. The number of guanidine groups is 1. The van der Waals surface area contributed by atoms with Crippen LogP contribution in [0, 0.1) is 5.92 Å². The van der Waals surface area contributed by atoms with Gasteiger partial charge in [0, 0.05) is 53.4 Å². The van der Waals surface area contributed by atoms with Crippen molar-refractivity contribution < 1.29 is 9.53 Å². The van der Waals surface area contributed by atoms with Gasteiger partial charge in [-0.1, -0.05) is 26.7 Å². The molecule has 2 N–H and O–H groups in total. The highest BCUT2D eigenvalue weighted by Crippen LogP contribution is 2.07. The molecule has 0 atom stereocenters. The molecule has 0 spiro atoms. The second kappa shape index (κ2) is 12.1. The Bertz CT molecular complexity index is 377. The molecule has 1 rings (SSSR count). The lowest BCUT2D eigenvalue weighted by atomic mass is 10.0. The van der Waals surface area contributed by atoms with Crippen molar-refractivity contribution >= 4 is 11.9 Å². The third-order valence-corrected chi connectivity index (χ3v) is 4.58. The first-order valence-electron chi connectivity index (χ1n) is 9.08. The first kappa shape index (κ1) is 20.7. The van der Waals surface area contributed by atoms with Crippen LogP contribution < -0.4 is 10.6 Å². The second-order valence-electron chi connectivity index (χ2n) is 6.22. The van der Waals surface area contributed by atoms with Crippen LogP contribution in [0.15, 0.2) is 4.99 Å². The average molecular weight is 342 g/mol. The Morgan fingerprint density at radius 1 is 1.17 bits per heavy atom. The van der Waals surface area contributed by atoms with Gasteiger partial charge in [-0.3, -0.25) is 14.7 Å². The highest BCUT2D eigenvalue weighted by molar-refractivity contribution is 5.80. The molecule has 1 amide bonds. The van der Waals surface area contributed by atoms with Crippen LogP contribution in [0.1, 0.15) is 26.7 Å². The fourth-order valence-electron chi connectivity index (χ4n) is 2.81. The van der Waals surface area contributed by atoms with E-state index in [0.717, 1.165) is 38.7 Å². The molecule has 24 heavy (non-hydrogen) atoms. The first-order valence-corrected chi connectivity index (χ1v) is 9.08. The van der Waals surface area contributed by atoms with Gasteiger partial charge in [0.15, 0.2) is 5.96 Å².